The molecular weight excluding hydrogens is 367 g/mol. The Balaban J connectivity index is 1.95. The summed E-state index contributed by atoms with van der Waals surface area (Å²) in [5.41, 5.74) is -1.64. The minimum absolute atomic E-state index is 0.0177. The molecule has 0 bridgehead atoms. The fraction of sp³-hybridized carbons (Fsp3) is 0.176. The number of alkyl halides is 3. The zero-order chi connectivity index (χ0) is 19.8. The van der Waals surface area contributed by atoms with E-state index in [4.69, 9.17) is 0 Å². The van der Waals surface area contributed by atoms with E-state index < -0.39 is 28.3 Å². The molecule has 0 aliphatic carbocycles. The minimum atomic E-state index is -4.56. The summed E-state index contributed by atoms with van der Waals surface area (Å²) in [6.07, 6.45) is -4.83. The average Bonchev–Trinajstić information content (AvgIpc) is 2.63. The van der Waals surface area contributed by atoms with E-state index in [1.165, 1.54) is 18.2 Å². The van der Waals surface area contributed by atoms with Crippen LogP contribution in [0.5, 0.6) is 0 Å². The number of non-ortho nitro benzene ring substituents is 1. The number of rotatable bonds is 4. The van der Waals surface area contributed by atoms with Crippen molar-refractivity contribution in [3.05, 3.63) is 80.4 Å². The van der Waals surface area contributed by atoms with E-state index in [2.05, 4.69) is 4.98 Å². The highest BCUT2D eigenvalue weighted by Crippen LogP contribution is 2.31. The first-order valence-electron chi connectivity index (χ1n) is 7.65. The monoisotopic (exact) mass is 379 g/mol. The lowest BCUT2D eigenvalue weighted by Gasteiger charge is -2.15. The maximum atomic E-state index is 12.8. The fourth-order valence-corrected chi connectivity index (χ4v) is 2.60. The van der Waals surface area contributed by atoms with Crippen LogP contribution >= 0.6 is 0 Å². The summed E-state index contributed by atoms with van der Waals surface area (Å²) in [5.74, 6) is 0. The van der Waals surface area contributed by atoms with Crippen molar-refractivity contribution in [1.29, 1.82) is 0 Å². The third kappa shape index (κ3) is 3.80. The molecule has 0 aliphatic rings. The number of nitro benzene ring substituents is 1. The lowest BCUT2D eigenvalue weighted by atomic mass is 10.1. The van der Waals surface area contributed by atoms with Gasteiger partial charge in [-0.2, -0.15) is 13.2 Å². The Hall–Kier alpha value is -3.27. The molecule has 0 saturated carbocycles. The molecule has 1 N–H and O–H groups in total. The number of hydrogen-bond donors (Lipinski definition) is 1. The molecule has 0 fully saturated rings. The van der Waals surface area contributed by atoms with Crippen molar-refractivity contribution in [2.24, 2.45) is 0 Å². The van der Waals surface area contributed by atoms with Crippen molar-refractivity contribution >= 4 is 16.6 Å². The van der Waals surface area contributed by atoms with E-state index in [0.29, 0.717) is 0 Å². The van der Waals surface area contributed by atoms with Crippen molar-refractivity contribution < 1.29 is 23.2 Å². The molecule has 0 amide bonds. The summed E-state index contributed by atoms with van der Waals surface area (Å²) < 4.78 is 39.4. The Labute approximate surface area is 149 Å². The number of nitrogens with zero attached hydrogens (tertiary/aromatic N) is 3. The van der Waals surface area contributed by atoms with Crippen molar-refractivity contribution in [2.75, 3.05) is 0 Å². The molecule has 1 atom stereocenters. The molecule has 10 heteroatoms. The first-order valence-corrected chi connectivity index (χ1v) is 7.65. The Morgan fingerprint density at radius 1 is 1.22 bits per heavy atom. The lowest BCUT2D eigenvalue weighted by molar-refractivity contribution is -0.384. The van der Waals surface area contributed by atoms with Gasteiger partial charge in [-0.3, -0.25) is 19.5 Å². The van der Waals surface area contributed by atoms with E-state index in [1.54, 1.807) is 0 Å². The second-order valence-corrected chi connectivity index (χ2v) is 5.80. The molecule has 3 aromatic rings. The molecule has 0 radical (unpaired) electrons. The normalized spacial score (nSPS) is 12.9. The Morgan fingerprint density at radius 2 is 1.96 bits per heavy atom. The molecule has 0 saturated heterocycles. The van der Waals surface area contributed by atoms with Crippen LogP contribution in [0, 0.1) is 10.1 Å². The van der Waals surface area contributed by atoms with Gasteiger partial charge < -0.3 is 5.11 Å². The number of hydrogen-bond acceptors (Lipinski definition) is 5. The Kier molecular flexibility index (Phi) is 4.66. The zero-order valence-corrected chi connectivity index (χ0v) is 13.6. The summed E-state index contributed by atoms with van der Waals surface area (Å²) >= 11 is 0. The van der Waals surface area contributed by atoms with Crippen molar-refractivity contribution in [3.8, 4) is 0 Å². The van der Waals surface area contributed by atoms with Crippen LogP contribution in [0.15, 0.2) is 53.6 Å². The second kappa shape index (κ2) is 6.80. The first kappa shape index (κ1) is 18.5. The van der Waals surface area contributed by atoms with Crippen LogP contribution in [-0.2, 0) is 12.7 Å². The summed E-state index contributed by atoms with van der Waals surface area (Å²) in [7, 11) is 0. The van der Waals surface area contributed by atoms with Crippen LogP contribution < -0.4 is 5.56 Å². The molecule has 7 nitrogen and oxygen atoms in total. The molecule has 3 rings (SSSR count). The van der Waals surface area contributed by atoms with Crippen molar-refractivity contribution in [2.45, 2.75) is 18.8 Å². The molecule has 1 heterocycles. The third-order valence-corrected chi connectivity index (χ3v) is 3.99. The van der Waals surface area contributed by atoms with Gasteiger partial charge in [0.25, 0.3) is 11.2 Å². The highest BCUT2D eigenvalue weighted by Gasteiger charge is 2.30. The Morgan fingerprint density at radius 3 is 2.63 bits per heavy atom. The number of benzene rings is 2. The number of aliphatic hydroxyl groups excluding tert-OH is 1. The quantitative estimate of drug-likeness (QED) is 0.555. The smallest absolute Gasteiger partial charge is 0.387 e. The molecule has 0 spiro atoms. The van der Waals surface area contributed by atoms with E-state index >= 15 is 0 Å². The van der Waals surface area contributed by atoms with Crippen LogP contribution in [0.25, 0.3) is 10.9 Å². The lowest BCUT2D eigenvalue weighted by Crippen LogP contribution is -2.24. The Bertz CT molecular complexity index is 1080. The van der Waals surface area contributed by atoms with Crippen LogP contribution in [0.4, 0.5) is 18.9 Å². The van der Waals surface area contributed by atoms with E-state index in [1.807, 2.05) is 0 Å². The van der Waals surface area contributed by atoms with Crippen molar-refractivity contribution in [3.63, 3.8) is 0 Å². The number of fused-ring (bicyclic) bond motifs is 1. The summed E-state index contributed by atoms with van der Waals surface area (Å²) in [5, 5.41) is 21.1. The minimum Gasteiger partial charge on any atom is -0.387 e. The van der Waals surface area contributed by atoms with E-state index in [-0.39, 0.29) is 28.7 Å². The molecule has 27 heavy (non-hydrogen) atoms. The molecule has 1 aromatic heterocycles. The van der Waals surface area contributed by atoms with Gasteiger partial charge >= 0.3 is 6.18 Å². The molecule has 0 aliphatic heterocycles. The van der Waals surface area contributed by atoms with Gasteiger partial charge in [0.05, 0.1) is 40.4 Å². The van der Waals surface area contributed by atoms with Crippen molar-refractivity contribution in [1.82, 2.24) is 9.55 Å². The standard InChI is InChI=1S/C17H12F3N3O4/c18-17(19,20)11-3-1-2-10(6-11)15(24)8-22-9-21-14-5-4-12(23(26)27)7-13(14)16(22)25/h1-7,9,15,24H,8H2. The maximum absolute atomic E-state index is 12.8. The number of nitro groups is 1. The highest BCUT2D eigenvalue weighted by atomic mass is 19.4. The number of halogens is 3. The second-order valence-electron chi connectivity index (χ2n) is 5.80. The van der Waals surface area contributed by atoms with Gasteiger partial charge in [-0.05, 0) is 23.8 Å². The van der Waals surface area contributed by atoms with Crippen LogP contribution in [0.2, 0.25) is 0 Å². The van der Waals surface area contributed by atoms with Gasteiger partial charge in [0.1, 0.15) is 0 Å². The predicted molar refractivity (Wildman–Crippen MR) is 89.1 cm³/mol. The third-order valence-electron chi connectivity index (χ3n) is 3.99. The largest absolute Gasteiger partial charge is 0.416 e. The SMILES string of the molecule is O=c1c2cc([N+](=O)[O-])ccc2ncn1CC(O)c1cccc(C(F)(F)F)c1. The maximum Gasteiger partial charge on any atom is 0.416 e. The van der Waals surface area contributed by atoms with E-state index in [0.717, 1.165) is 35.2 Å². The number of aromatic nitrogens is 2. The van der Waals surface area contributed by atoms with E-state index in [9.17, 15) is 33.2 Å². The first-order chi connectivity index (χ1) is 12.7. The summed E-state index contributed by atoms with van der Waals surface area (Å²) in [6, 6.07) is 7.74. The molecule has 1 unspecified atom stereocenters. The van der Waals surface area contributed by atoms with Crippen LogP contribution in [-0.4, -0.2) is 19.6 Å². The molecule has 2 aromatic carbocycles. The van der Waals surface area contributed by atoms with Gasteiger partial charge in [0.15, 0.2) is 0 Å². The van der Waals surface area contributed by atoms with Crippen LogP contribution in [0.3, 0.4) is 0 Å². The molecule has 140 valence electrons. The number of aliphatic hydroxyl groups is 1. The predicted octanol–water partition coefficient (Wildman–Crippen LogP) is 3.06. The summed E-state index contributed by atoms with van der Waals surface area (Å²) in [4.78, 5) is 26.7. The average molecular weight is 379 g/mol. The molecular formula is C17H12F3N3O4. The topological polar surface area (TPSA) is 98.3 Å². The van der Waals surface area contributed by atoms with Gasteiger partial charge in [0.2, 0.25) is 0 Å². The fourth-order valence-electron chi connectivity index (χ4n) is 2.60. The van der Waals surface area contributed by atoms with Gasteiger partial charge in [-0.25, -0.2) is 4.98 Å². The highest BCUT2D eigenvalue weighted by molar-refractivity contribution is 5.79. The zero-order valence-electron chi connectivity index (χ0n) is 13.6. The summed E-state index contributed by atoms with van der Waals surface area (Å²) in [6.45, 7) is -0.355. The van der Waals surface area contributed by atoms with Gasteiger partial charge in [-0.1, -0.05) is 12.1 Å². The van der Waals surface area contributed by atoms with Gasteiger partial charge in [-0.15, -0.1) is 0 Å². The van der Waals surface area contributed by atoms with Crippen LogP contribution in [0.1, 0.15) is 17.2 Å². The van der Waals surface area contributed by atoms with Gasteiger partial charge in [0, 0.05) is 12.1 Å².